The first-order valence-corrected chi connectivity index (χ1v) is 11.7. The first-order chi connectivity index (χ1) is 17.0. The van der Waals surface area contributed by atoms with Crippen molar-refractivity contribution < 1.29 is 9.47 Å². The molecule has 0 amide bonds. The summed E-state index contributed by atoms with van der Waals surface area (Å²) < 4.78 is 13.0. The Morgan fingerprint density at radius 1 is 1.17 bits per heavy atom. The number of para-hydroxylation sites is 2. The molecule has 0 bridgehead atoms. The topological polar surface area (TPSA) is 118 Å². The highest BCUT2D eigenvalue weighted by molar-refractivity contribution is 7.16. The van der Waals surface area contributed by atoms with Crippen LogP contribution in [0.3, 0.4) is 0 Å². The quantitative estimate of drug-likeness (QED) is 0.341. The summed E-state index contributed by atoms with van der Waals surface area (Å²) in [6.45, 7) is 4.24. The monoisotopic (exact) mass is 484 g/mol. The lowest BCUT2D eigenvalue weighted by molar-refractivity contribution is 0.266. The van der Waals surface area contributed by atoms with Crippen LogP contribution in [0.2, 0.25) is 0 Å². The van der Waals surface area contributed by atoms with Gasteiger partial charge in [-0.3, -0.25) is 4.79 Å². The number of aromatic nitrogens is 5. The molecule has 0 spiro atoms. The lowest BCUT2D eigenvalue weighted by Gasteiger charge is -2.12. The number of allylic oxidation sites excluding steroid dienone is 1. The van der Waals surface area contributed by atoms with Crippen LogP contribution in [0.25, 0.3) is 27.6 Å². The van der Waals surface area contributed by atoms with Gasteiger partial charge < -0.3 is 14.5 Å². The molecule has 5 aromatic rings. The number of fused-ring (bicyclic) bond motifs is 2. The molecule has 0 saturated carbocycles. The molecule has 35 heavy (non-hydrogen) atoms. The number of aryl methyl sites for hydroxylation is 1. The van der Waals surface area contributed by atoms with Gasteiger partial charge in [-0.15, -0.1) is 0 Å². The number of H-pyrrole nitrogens is 1. The molecule has 0 atom stereocenters. The SMILES string of the molecule is CCOc1cc(C=C(C#N)c2nc3ccccc3[nH]2)ccc1OCc1cc(=O)n2nc(C)sc2n1. The van der Waals surface area contributed by atoms with Gasteiger partial charge in [-0.2, -0.15) is 14.9 Å². The maximum Gasteiger partial charge on any atom is 0.275 e. The second-order valence-corrected chi connectivity index (χ2v) is 8.76. The molecule has 0 unspecified atom stereocenters. The fourth-order valence-corrected chi connectivity index (χ4v) is 4.35. The zero-order chi connectivity index (χ0) is 24.4. The van der Waals surface area contributed by atoms with Crippen molar-refractivity contribution in [2.75, 3.05) is 6.61 Å². The van der Waals surface area contributed by atoms with Gasteiger partial charge in [0.1, 0.15) is 23.5 Å². The van der Waals surface area contributed by atoms with Crippen LogP contribution >= 0.6 is 11.3 Å². The third-order valence-electron chi connectivity index (χ3n) is 5.12. The summed E-state index contributed by atoms with van der Waals surface area (Å²) in [5, 5.41) is 14.6. The highest BCUT2D eigenvalue weighted by Crippen LogP contribution is 2.31. The van der Waals surface area contributed by atoms with Crippen LogP contribution in [-0.4, -0.2) is 31.2 Å². The highest BCUT2D eigenvalue weighted by Gasteiger charge is 2.12. The molecule has 0 saturated heterocycles. The van der Waals surface area contributed by atoms with Gasteiger partial charge in [0.05, 0.1) is 28.9 Å². The number of nitrogens with zero attached hydrogens (tertiary/aromatic N) is 5. The van der Waals surface area contributed by atoms with Crippen molar-refractivity contribution in [3.63, 3.8) is 0 Å². The summed E-state index contributed by atoms with van der Waals surface area (Å²) in [7, 11) is 0. The van der Waals surface area contributed by atoms with E-state index in [4.69, 9.17) is 9.47 Å². The predicted molar refractivity (Wildman–Crippen MR) is 133 cm³/mol. The fraction of sp³-hybridized carbons (Fsp3) is 0.160. The third-order valence-corrected chi connectivity index (χ3v) is 5.94. The first kappa shape index (κ1) is 22.3. The molecule has 174 valence electrons. The maximum atomic E-state index is 12.3. The summed E-state index contributed by atoms with van der Waals surface area (Å²) in [5.41, 5.74) is 3.07. The van der Waals surface area contributed by atoms with E-state index in [9.17, 15) is 10.1 Å². The number of aromatic amines is 1. The number of imidazole rings is 1. The van der Waals surface area contributed by atoms with E-state index in [0.29, 0.717) is 40.2 Å². The lowest BCUT2D eigenvalue weighted by atomic mass is 10.1. The molecule has 2 aromatic carbocycles. The summed E-state index contributed by atoms with van der Waals surface area (Å²) in [6, 6.07) is 16.6. The Morgan fingerprint density at radius 2 is 2.03 bits per heavy atom. The van der Waals surface area contributed by atoms with Crippen molar-refractivity contribution >= 4 is 39.0 Å². The van der Waals surface area contributed by atoms with Crippen LogP contribution in [-0.2, 0) is 6.61 Å². The number of benzene rings is 2. The van der Waals surface area contributed by atoms with Gasteiger partial charge in [0, 0.05) is 6.07 Å². The van der Waals surface area contributed by atoms with Gasteiger partial charge in [-0.25, -0.2) is 9.97 Å². The summed E-state index contributed by atoms with van der Waals surface area (Å²) in [4.78, 5) is 25.0. The molecular formula is C25H20N6O3S. The van der Waals surface area contributed by atoms with Gasteiger partial charge in [0.25, 0.3) is 5.56 Å². The minimum Gasteiger partial charge on any atom is -0.490 e. The number of hydrogen-bond acceptors (Lipinski definition) is 8. The largest absolute Gasteiger partial charge is 0.490 e. The van der Waals surface area contributed by atoms with Gasteiger partial charge in [0.2, 0.25) is 4.96 Å². The van der Waals surface area contributed by atoms with Crippen molar-refractivity contribution in [3.05, 3.63) is 81.0 Å². The zero-order valence-electron chi connectivity index (χ0n) is 19.0. The number of nitriles is 1. The van der Waals surface area contributed by atoms with Gasteiger partial charge in [0.15, 0.2) is 11.5 Å². The Hall–Kier alpha value is -4.49. The Kier molecular flexibility index (Phi) is 5.99. The number of hydrogen-bond donors (Lipinski definition) is 1. The van der Waals surface area contributed by atoms with Crippen LogP contribution in [0.15, 0.2) is 53.3 Å². The van der Waals surface area contributed by atoms with E-state index in [2.05, 4.69) is 26.1 Å². The van der Waals surface area contributed by atoms with E-state index in [0.717, 1.165) is 21.6 Å². The smallest absolute Gasteiger partial charge is 0.275 e. The number of rotatable bonds is 7. The molecule has 3 aromatic heterocycles. The Bertz CT molecular complexity index is 1640. The van der Waals surface area contributed by atoms with Crippen LogP contribution in [0, 0.1) is 18.3 Å². The van der Waals surface area contributed by atoms with Crippen LogP contribution in [0.5, 0.6) is 11.5 Å². The van der Waals surface area contributed by atoms with Crippen molar-refractivity contribution in [2.45, 2.75) is 20.5 Å². The second kappa shape index (κ2) is 9.40. The molecule has 1 N–H and O–H groups in total. The average molecular weight is 485 g/mol. The second-order valence-electron chi connectivity index (χ2n) is 7.60. The van der Waals surface area contributed by atoms with Crippen LogP contribution in [0.1, 0.15) is 29.0 Å². The van der Waals surface area contributed by atoms with Crippen molar-refractivity contribution in [2.24, 2.45) is 0 Å². The van der Waals surface area contributed by atoms with Crippen molar-refractivity contribution in [3.8, 4) is 17.6 Å². The van der Waals surface area contributed by atoms with E-state index < -0.39 is 0 Å². The molecule has 9 nitrogen and oxygen atoms in total. The van der Waals surface area contributed by atoms with Crippen LogP contribution < -0.4 is 15.0 Å². The normalized spacial score (nSPS) is 11.6. The fourth-order valence-electron chi connectivity index (χ4n) is 3.58. The Balaban J connectivity index is 1.41. The Morgan fingerprint density at radius 3 is 2.83 bits per heavy atom. The standard InChI is InChI=1S/C25H20N6O3S/c1-3-33-22-11-16(10-17(13-26)24-28-19-6-4-5-7-20(19)29-24)8-9-21(22)34-14-18-12-23(32)31-25(27-18)35-15(2)30-31/h4-12H,3,14H2,1-2H3,(H,28,29). The van der Waals surface area contributed by atoms with E-state index in [-0.39, 0.29) is 12.2 Å². The summed E-state index contributed by atoms with van der Waals surface area (Å²) in [6.07, 6.45) is 1.74. The zero-order valence-corrected chi connectivity index (χ0v) is 19.8. The molecule has 0 aliphatic heterocycles. The number of nitrogens with one attached hydrogen (secondary N) is 1. The number of ether oxygens (including phenoxy) is 2. The lowest BCUT2D eigenvalue weighted by Crippen LogP contribution is -2.16. The molecule has 0 aliphatic rings. The van der Waals surface area contributed by atoms with E-state index in [1.54, 1.807) is 18.2 Å². The molecular weight excluding hydrogens is 464 g/mol. The van der Waals surface area contributed by atoms with E-state index in [1.165, 1.54) is 21.9 Å². The Labute approximate surface area is 203 Å². The highest BCUT2D eigenvalue weighted by atomic mass is 32.1. The van der Waals surface area contributed by atoms with Crippen molar-refractivity contribution in [1.29, 1.82) is 5.26 Å². The molecule has 3 heterocycles. The summed E-state index contributed by atoms with van der Waals surface area (Å²) >= 11 is 1.34. The van der Waals surface area contributed by atoms with Crippen molar-refractivity contribution in [1.82, 2.24) is 24.6 Å². The first-order valence-electron chi connectivity index (χ1n) is 10.9. The molecule has 10 heteroatoms. The van der Waals surface area contributed by atoms with E-state index in [1.807, 2.05) is 44.2 Å². The van der Waals surface area contributed by atoms with Gasteiger partial charge in [-0.05, 0) is 49.8 Å². The summed E-state index contributed by atoms with van der Waals surface area (Å²) in [5.74, 6) is 1.53. The van der Waals surface area contributed by atoms with E-state index >= 15 is 0 Å². The van der Waals surface area contributed by atoms with Gasteiger partial charge in [-0.1, -0.05) is 29.5 Å². The van der Waals surface area contributed by atoms with Crippen LogP contribution in [0.4, 0.5) is 0 Å². The minimum atomic E-state index is -0.252. The predicted octanol–water partition coefficient (Wildman–Crippen LogP) is 4.38. The maximum absolute atomic E-state index is 12.3. The average Bonchev–Trinajstić information content (AvgIpc) is 3.45. The molecule has 5 rings (SSSR count). The molecule has 0 fully saturated rings. The minimum absolute atomic E-state index is 0.0976. The van der Waals surface area contributed by atoms with Gasteiger partial charge >= 0.3 is 0 Å². The third kappa shape index (κ3) is 4.62. The molecule has 0 radical (unpaired) electrons. The molecule has 0 aliphatic carbocycles.